The van der Waals surface area contributed by atoms with E-state index < -0.39 is 109 Å². The number of pyridine rings is 7. The Hall–Kier alpha value is -12.2. The van der Waals surface area contributed by atoms with E-state index >= 15 is 0 Å². The van der Waals surface area contributed by atoms with Gasteiger partial charge in [0.15, 0.2) is 89.3 Å². The molecular formula is C75H79F13N10O20S. The number of hydrogen-bond donors (Lipinski definition) is 5. The summed E-state index contributed by atoms with van der Waals surface area (Å²) in [6.07, 6.45) is -8.06. The standard InChI is InChI=1S/C20H19F3N4O5S.C11H15F2NO.C10H13F2NO2.C9H9F2NO2.C8H5F2NO4.C8H7F2NO3.C8H11NO.CO2/c1-19(10-33(29,30)27(2)18(24)26-19)12-5-11(3-4-13(12)21)6-15(28)14-7-16-17(8-25-14)31-9-20(22,23)32-16;1-4-9-6-10(8(3)7-14-9)15-11(12,13)5-2;1-3-8-4-9(7(2)5-13-8)15-10(11,12)6-14;1-2-6-3-7-8(4-12-6)13-5-9(10,11)14-7;9-8(10)3-14-6-2-11-4(7(12)13)1-5(6)15-8;9-8(10)4-13-7-2-11-5(3-12)1-6(7)14-8;1-3-7-4-8(10)6(2)5-9-7;2-1-3/h3-5,7-8H,6,9-10H2,1-2H3,(H2,24,26);6-7H,4-5H2,1-3H3;4-5,14H,3,6H2,1-2H3;3-4H,2,5H2,1H3;1-2H,3H2,(H,12,13);1-2,12H,3-4H2;4-5H,3H2,1-2H3,(H,9,10);/t19-;;;;;;;/m0......./s1. The van der Waals surface area contributed by atoms with E-state index in [0.717, 1.165) is 58.3 Å². The van der Waals surface area contributed by atoms with Crippen LogP contribution in [0.5, 0.6) is 57.5 Å². The minimum atomic E-state index is -3.83. The van der Waals surface area contributed by atoms with Gasteiger partial charge in [-0.25, -0.2) is 36.9 Å². The van der Waals surface area contributed by atoms with Crippen molar-refractivity contribution in [3.63, 3.8) is 0 Å². The largest absolute Gasteiger partial charge is 0.478 e. The van der Waals surface area contributed by atoms with Crippen LogP contribution >= 0.6 is 0 Å². The van der Waals surface area contributed by atoms with Crippen molar-refractivity contribution in [1.29, 1.82) is 0 Å². The molecule has 0 radical (unpaired) electrons. The lowest BCUT2D eigenvalue weighted by Crippen LogP contribution is -2.50. The number of carbonyl (C=O) groups excluding carboxylic acids is 3. The van der Waals surface area contributed by atoms with Crippen molar-refractivity contribution in [3.8, 4) is 57.5 Å². The van der Waals surface area contributed by atoms with Crippen LogP contribution in [0.2, 0.25) is 0 Å². The number of ketones is 1. The van der Waals surface area contributed by atoms with Crippen LogP contribution in [0.1, 0.15) is 125 Å². The Morgan fingerprint density at radius 1 is 0.580 bits per heavy atom. The zero-order valence-corrected chi connectivity index (χ0v) is 65.6. The summed E-state index contributed by atoms with van der Waals surface area (Å²) < 4.78 is 241. The molecule has 1 atom stereocenters. The topological polar surface area (TPSA) is 407 Å². The number of alkyl halides is 12. The molecule has 0 aliphatic carbocycles. The van der Waals surface area contributed by atoms with E-state index in [9.17, 15) is 79.9 Å². The number of aromatic amines is 1. The SMILES string of the molecule is CCc1cc(=O)c(C)c[nH]1.CCc1cc(OC(F)(F)CC)c(C)cn1.CCc1cc(OC(F)(F)CO)c(C)cn1.CCc1cc2c(cn1)OCC(F)(F)O2.CN1C(N)=N[C@](C)(c2cc(CC(=O)c3cc4c(cn3)OCC(F)(F)O4)ccc2F)CS1(=O)=O.O=C(O)c1cc2c(cn1)OCC(F)(F)O2.O=C=O.OCc1cc2c(cn1)OCC(F)(F)O2. The fraction of sp³-hybridized carbons (Fsp3) is 0.400. The molecule has 8 aromatic rings. The van der Waals surface area contributed by atoms with E-state index in [1.54, 1.807) is 45.3 Å². The van der Waals surface area contributed by atoms with Crippen molar-refractivity contribution in [1.82, 2.24) is 39.2 Å². The average Bonchev–Trinajstić information content (AvgIpc) is 0.752. The number of aliphatic hydroxyl groups is 2. The Labute approximate surface area is 669 Å². The number of fused-ring (bicyclic) bond motifs is 4. The Morgan fingerprint density at radius 2 is 0.983 bits per heavy atom. The predicted molar refractivity (Wildman–Crippen MR) is 390 cm³/mol. The lowest BCUT2D eigenvalue weighted by Gasteiger charge is -2.34. The molecule has 0 saturated heterocycles. The van der Waals surface area contributed by atoms with E-state index in [1.165, 1.54) is 69.8 Å². The van der Waals surface area contributed by atoms with Gasteiger partial charge in [0.1, 0.15) is 35.2 Å². The number of sulfonamides is 1. The van der Waals surface area contributed by atoms with E-state index in [4.69, 9.17) is 44.9 Å². The van der Waals surface area contributed by atoms with Gasteiger partial charge in [0.05, 0.1) is 42.8 Å². The molecule has 0 bridgehead atoms. The predicted octanol–water partition coefficient (Wildman–Crippen LogP) is 11.8. The van der Waals surface area contributed by atoms with Gasteiger partial charge in [0, 0.05) is 126 Å². The number of guanidine groups is 1. The maximum absolute atomic E-state index is 14.7. The Balaban J connectivity index is 0.000000222. The van der Waals surface area contributed by atoms with Gasteiger partial charge in [0.2, 0.25) is 16.0 Å². The maximum Gasteiger partial charge on any atom is 0.433 e. The summed E-state index contributed by atoms with van der Waals surface area (Å²) >= 11 is 0. The Bertz CT molecular complexity index is 4970. The highest BCUT2D eigenvalue weighted by atomic mass is 32.2. The summed E-state index contributed by atoms with van der Waals surface area (Å²) in [5.41, 5.74) is 9.37. The summed E-state index contributed by atoms with van der Waals surface area (Å²) in [6.45, 7) is 10.5. The number of nitrogens with zero attached hydrogens (tertiary/aromatic N) is 8. The molecule has 0 fully saturated rings. The van der Waals surface area contributed by atoms with Crippen LogP contribution in [-0.4, -0.2) is 169 Å². The van der Waals surface area contributed by atoms with Gasteiger partial charge in [0.25, 0.3) is 0 Å². The summed E-state index contributed by atoms with van der Waals surface area (Å²) in [6, 6.07) is 13.1. The number of benzene rings is 1. The molecule has 44 heteroatoms. The van der Waals surface area contributed by atoms with Crippen LogP contribution < -0.4 is 58.5 Å². The Kier molecular flexibility index (Phi) is 32.8. The van der Waals surface area contributed by atoms with Crippen LogP contribution in [0.4, 0.5) is 57.1 Å². The van der Waals surface area contributed by atoms with Gasteiger partial charge in [-0.2, -0.15) is 62.3 Å². The normalized spacial score (nSPS) is 16.6. The van der Waals surface area contributed by atoms with Crippen molar-refractivity contribution in [2.24, 2.45) is 10.7 Å². The molecule has 6 N–H and O–H groups in total. The third kappa shape index (κ3) is 28.3. The quantitative estimate of drug-likeness (QED) is 0.0443. The average molecular weight is 1720 g/mol. The highest BCUT2D eigenvalue weighted by molar-refractivity contribution is 7.89. The van der Waals surface area contributed by atoms with E-state index in [2.05, 4.69) is 73.0 Å². The summed E-state index contributed by atoms with van der Waals surface area (Å²) in [4.78, 5) is 80.9. The molecule has 0 unspecified atom stereocenters. The Morgan fingerprint density at radius 3 is 1.39 bits per heavy atom. The van der Waals surface area contributed by atoms with Crippen molar-refractivity contribution in [3.05, 3.63) is 188 Å². The number of nitrogens with one attached hydrogen (secondary N) is 1. The molecule has 0 saturated carbocycles. The molecule has 0 amide bonds. The number of aliphatic hydroxyl groups excluding tert-OH is 2. The molecular weight excluding hydrogens is 1640 g/mol. The zero-order valence-electron chi connectivity index (χ0n) is 64.8. The first kappa shape index (κ1) is 95.7. The van der Waals surface area contributed by atoms with E-state index in [1.807, 2.05) is 27.7 Å². The van der Waals surface area contributed by atoms with E-state index in [0.29, 0.717) is 47.3 Å². The number of halogens is 13. The highest BCUT2D eigenvalue weighted by Gasteiger charge is 2.44. The number of H-pyrrole nitrogens is 1. The second-order valence-corrected chi connectivity index (χ2v) is 27.6. The first-order valence-electron chi connectivity index (χ1n) is 35.2. The van der Waals surface area contributed by atoms with Crippen LogP contribution in [0.25, 0.3) is 0 Å². The molecule has 30 nitrogen and oxygen atoms in total. The number of nitrogens with two attached hydrogens (primary N) is 1. The second-order valence-electron chi connectivity index (χ2n) is 25.6. The number of carboxylic acids is 1. The number of carboxylic acid groups (broad SMARTS) is 1. The molecule has 7 aromatic heterocycles. The van der Waals surface area contributed by atoms with Crippen molar-refractivity contribution >= 4 is 33.9 Å². The fourth-order valence-electron chi connectivity index (χ4n) is 9.86. The summed E-state index contributed by atoms with van der Waals surface area (Å²) in [5, 5.41) is 25.7. The van der Waals surface area contributed by atoms with Gasteiger partial charge >= 0.3 is 48.8 Å². The number of aliphatic imine (C=N–C) groups is 1. The first-order chi connectivity index (χ1) is 55.6. The lowest BCUT2D eigenvalue weighted by atomic mass is 9.91. The number of ether oxygens (including phenoxy) is 10. The van der Waals surface area contributed by atoms with Crippen LogP contribution in [0, 0.1) is 26.6 Å². The van der Waals surface area contributed by atoms with Crippen molar-refractivity contribution < 1.29 is 147 Å². The third-order valence-corrected chi connectivity index (χ3v) is 18.2. The number of Topliss-reactive ketones (excluding diaryl/α,β-unsaturated/α-hetero) is 1. The molecule has 119 heavy (non-hydrogen) atoms. The molecule has 1 aromatic carbocycles. The minimum absolute atomic E-state index is 0.00549. The van der Waals surface area contributed by atoms with Crippen LogP contribution in [0.15, 0.2) is 114 Å². The number of aromatic carboxylic acids is 1. The van der Waals surface area contributed by atoms with Crippen molar-refractivity contribution in [2.75, 3.05) is 45.8 Å². The minimum Gasteiger partial charge on any atom is -0.478 e. The molecule has 5 aliphatic rings. The number of aryl methyl sites for hydroxylation is 7. The van der Waals surface area contributed by atoms with E-state index in [-0.39, 0.29) is 117 Å². The number of rotatable bonds is 16. The molecule has 12 heterocycles. The zero-order chi connectivity index (χ0) is 88.8. The van der Waals surface area contributed by atoms with Gasteiger partial charge in [-0.1, -0.05) is 40.7 Å². The number of hydrogen-bond acceptors (Lipinski definition) is 27. The summed E-state index contributed by atoms with van der Waals surface area (Å²) in [5.74, 6) is -3.40. The smallest absolute Gasteiger partial charge is 0.433 e. The molecule has 646 valence electrons. The molecule has 13 rings (SSSR count). The van der Waals surface area contributed by atoms with Gasteiger partial charge in [-0.15, -0.1) is 0 Å². The van der Waals surface area contributed by atoms with Crippen LogP contribution in [0.3, 0.4) is 0 Å². The van der Waals surface area contributed by atoms with Crippen molar-refractivity contribution in [2.45, 2.75) is 150 Å². The molecule has 5 aliphatic heterocycles. The number of carbonyl (C=O) groups is 2. The first-order valence-corrected chi connectivity index (χ1v) is 36.8. The maximum atomic E-state index is 14.7. The van der Waals surface area contributed by atoms with Crippen LogP contribution in [-0.2, 0) is 63.9 Å². The van der Waals surface area contributed by atoms with Gasteiger partial charge in [-0.05, 0) is 71.1 Å². The monoisotopic (exact) mass is 1720 g/mol. The molecule has 0 spiro atoms. The van der Waals surface area contributed by atoms with Gasteiger partial charge < -0.3 is 73.4 Å². The third-order valence-electron chi connectivity index (χ3n) is 16.2. The van der Waals surface area contributed by atoms with Gasteiger partial charge in [-0.3, -0.25) is 29.5 Å². The highest BCUT2D eigenvalue weighted by Crippen LogP contribution is 2.42. The number of aromatic nitrogens is 7. The fourth-order valence-corrected chi connectivity index (χ4v) is 11.3. The lowest BCUT2D eigenvalue weighted by molar-refractivity contribution is -0.209. The second kappa shape index (κ2) is 40.8. The summed E-state index contributed by atoms with van der Waals surface area (Å²) in [7, 11) is -2.59.